The Labute approximate surface area is 98.6 Å². The second-order valence-corrected chi connectivity index (χ2v) is 4.79. The Morgan fingerprint density at radius 2 is 1.69 bits per heavy atom. The average Bonchev–Trinajstić information content (AvgIpc) is 2.22. The molecule has 1 aliphatic rings. The largest absolute Gasteiger partial charge is 0.396 e. The van der Waals surface area contributed by atoms with Gasteiger partial charge in [-0.15, -0.1) is 0 Å². The van der Waals surface area contributed by atoms with Crippen LogP contribution in [0.4, 0.5) is 0 Å². The number of carbonyl (C=O) groups is 1. The molecule has 0 aliphatic heterocycles. The van der Waals surface area contributed by atoms with E-state index >= 15 is 0 Å². The van der Waals surface area contributed by atoms with Crippen LogP contribution in [0.3, 0.4) is 0 Å². The van der Waals surface area contributed by atoms with Crippen LogP contribution in [0.5, 0.6) is 0 Å². The van der Waals surface area contributed by atoms with Gasteiger partial charge in [0.25, 0.3) is 0 Å². The highest BCUT2D eigenvalue weighted by atomic mass is 16.2. The highest BCUT2D eigenvalue weighted by molar-refractivity contribution is 5.76. The molecule has 0 heterocycles. The van der Waals surface area contributed by atoms with Gasteiger partial charge in [-0.25, -0.2) is 0 Å². The molecule has 1 fully saturated rings. The van der Waals surface area contributed by atoms with Crippen molar-refractivity contribution in [2.24, 2.45) is 0 Å². The molecule has 1 aliphatic carbocycles. The Balaban J connectivity index is 2.14. The van der Waals surface area contributed by atoms with E-state index in [1.807, 2.05) is 0 Å². The average molecular weight is 227 g/mol. The number of unbranched alkanes of at least 4 members (excludes halogenated alkanes) is 1. The predicted molar refractivity (Wildman–Crippen MR) is 65.2 cm³/mol. The van der Waals surface area contributed by atoms with Gasteiger partial charge in [0.2, 0.25) is 5.91 Å². The van der Waals surface area contributed by atoms with Crippen LogP contribution in [-0.2, 0) is 4.79 Å². The lowest BCUT2D eigenvalue weighted by atomic mass is 9.96. The van der Waals surface area contributed by atoms with Gasteiger partial charge in [0.15, 0.2) is 0 Å². The minimum atomic E-state index is 0.166. The molecule has 0 aromatic carbocycles. The number of nitrogens with one attached hydrogen (secondary N) is 1. The fourth-order valence-corrected chi connectivity index (χ4v) is 2.30. The summed E-state index contributed by atoms with van der Waals surface area (Å²) in [5, 5.41) is 11.8. The smallest absolute Gasteiger partial charge is 0.220 e. The van der Waals surface area contributed by atoms with Crippen molar-refractivity contribution in [1.82, 2.24) is 5.32 Å². The number of aliphatic hydroxyl groups is 1. The third-order valence-corrected chi connectivity index (χ3v) is 3.28. The van der Waals surface area contributed by atoms with Crippen LogP contribution in [0.2, 0.25) is 0 Å². The lowest BCUT2D eigenvalue weighted by Gasteiger charge is -2.21. The summed E-state index contributed by atoms with van der Waals surface area (Å²) < 4.78 is 0. The number of amides is 1. The molecule has 0 unspecified atom stereocenters. The molecule has 0 bridgehead atoms. The lowest BCUT2D eigenvalue weighted by molar-refractivity contribution is -0.122. The van der Waals surface area contributed by atoms with Gasteiger partial charge in [0.05, 0.1) is 0 Å². The maximum Gasteiger partial charge on any atom is 0.220 e. The Kier molecular flexibility index (Phi) is 7.23. The number of carbonyl (C=O) groups excluding carboxylic acids is 1. The zero-order valence-electron chi connectivity index (χ0n) is 10.2. The zero-order valence-corrected chi connectivity index (χ0v) is 10.2. The highest BCUT2D eigenvalue weighted by Gasteiger charge is 2.13. The molecule has 0 aromatic heterocycles. The maximum atomic E-state index is 11.6. The number of aliphatic hydroxyl groups excluding tert-OH is 1. The summed E-state index contributed by atoms with van der Waals surface area (Å²) in [6, 6.07) is 0.405. The molecular formula is C13H25NO2. The van der Waals surface area contributed by atoms with Crippen LogP contribution in [0.1, 0.15) is 64.2 Å². The first-order valence-corrected chi connectivity index (χ1v) is 6.73. The van der Waals surface area contributed by atoms with E-state index in [4.69, 9.17) is 5.11 Å². The van der Waals surface area contributed by atoms with Crippen molar-refractivity contribution in [3.8, 4) is 0 Å². The van der Waals surface area contributed by atoms with E-state index in [0.29, 0.717) is 12.5 Å². The van der Waals surface area contributed by atoms with Gasteiger partial charge in [0.1, 0.15) is 0 Å². The van der Waals surface area contributed by atoms with Crippen molar-refractivity contribution in [3.63, 3.8) is 0 Å². The van der Waals surface area contributed by atoms with Crippen molar-refractivity contribution < 1.29 is 9.90 Å². The van der Waals surface area contributed by atoms with E-state index in [1.54, 1.807) is 0 Å². The van der Waals surface area contributed by atoms with Crippen molar-refractivity contribution in [1.29, 1.82) is 0 Å². The van der Waals surface area contributed by atoms with Crippen molar-refractivity contribution in [2.75, 3.05) is 6.61 Å². The van der Waals surface area contributed by atoms with Gasteiger partial charge in [-0.2, -0.15) is 0 Å². The van der Waals surface area contributed by atoms with E-state index in [9.17, 15) is 4.79 Å². The van der Waals surface area contributed by atoms with E-state index in [-0.39, 0.29) is 12.5 Å². The number of hydrogen-bond donors (Lipinski definition) is 2. The van der Waals surface area contributed by atoms with Crippen molar-refractivity contribution in [2.45, 2.75) is 70.3 Å². The molecule has 3 nitrogen and oxygen atoms in total. The molecule has 94 valence electrons. The van der Waals surface area contributed by atoms with Crippen LogP contribution in [0.15, 0.2) is 0 Å². The van der Waals surface area contributed by atoms with Gasteiger partial charge in [0, 0.05) is 19.1 Å². The normalized spacial score (nSPS) is 18.8. The minimum Gasteiger partial charge on any atom is -0.396 e. The minimum absolute atomic E-state index is 0.166. The maximum absolute atomic E-state index is 11.6. The standard InChI is InChI=1S/C13H25NO2/c15-11-7-6-10-13(16)14-12-8-4-2-1-3-5-9-12/h12,15H,1-11H2,(H,14,16). The number of hydrogen-bond acceptors (Lipinski definition) is 2. The predicted octanol–water partition coefficient (Wildman–Crippen LogP) is 2.38. The summed E-state index contributed by atoms with van der Waals surface area (Å²) in [4.78, 5) is 11.6. The summed E-state index contributed by atoms with van der Waals surface area (Å²) in [7, 11) is 0. The fraction of sp³-hybridized carbons (Fsp3) is 0.923. The Morgan fingerprint density at radius 3 is 2.31 bits per heavy atom. The van der Waals surface area contributed by atoms with E-state index in [1.165, 1.54) is 32.1 Å². The van der Waals surface area contributed by atoms with Gasteiger partial charge < -0.3 is 10.4 Å². The van der Waals surface area contributed by atoms with Crippen LogP contribution >= 0.6 is 0 Å². The molecule has 0 spiro atoms. The van der Waals surface area contributed by atoms with Crippen LogP contribution in [0, 0.1) is 0 Å². The summed E-state index contributed by atoms with van der Waals surface area (Å²) in [5.74, 6) is 0.166. The Morgan fingerprint density at radius 1 is 1.06 bits per heavy atom. The molecule has 0 saturated heterocycles. The molecule has 0 atom stereocenters. The molecule has 1 rings (SSSR count). The summed E-state index contributed by atoms with van der Waals surface area (Å²) in [6.07, 6.45) is 10.9. The topological polar surface area (TPSA) is 49.3 Å². The third kappa shape index (κ3) is 6.11. The van der Waals surface area contributed by atoms with Crippen molar-refractivity contribution >= 4 is 5.91 Å². The van der Waals surface area contributed by atoms with E-state index < -0.39 is 0 Å². The van der Waals surface area contributed by atoms with Gasteiger partial charge in [-0.3, -0.25) is 4.79 Å². The molecule has 2 N–H and O–H groups in total. The molecule has 16 heavy (non-hydrogen) atoms. The first-order chi connectivity index (χ1) is 7.83. The molecule has 1 amide bonds. The zero-order chi connectivity index (χ0) is 11.6. The second-order valence-electron chi connectivity index (χ2n) is 4.79. The molecule has 0 radical (unpaired) electrons. The summed E-state index contributed by atoms with van der Waals surface area (Å²) >= 11 is 0. The van der Waals surface area contributed by atoms with E-state index in [0.717, 1.165) is 25.7 Å². The molecule has 3 heteroatoms. The fourth-order valence-electron chi connectivity index (χ4n) is 2.30. The SMILES string of the molecule is O=C(CCCCO)NC1CCCCCCC1. The van der Waals surface area contributed by atoms with Gasteiger partial charge in [-0.1, -0.05) is 32.1 Å². The third-order valence-electron chi connectivity index (χ3n) is 3.28. The van der Waals surface area contributed by atoms with Crippen LogP contribution in [-0.4, -0.2) is 23.7 Å². The Bertz CT molecular complexity index is 186. The first-order valence-electron chi connectivity index (χ1n) is 6.73. The second kappa shape index (κ2) is 8.57. The first kappa shape index (κ1) is 13.5. The Hall–Kier alpha value is -0.570. The number of rotatable bonds is 5. The van der Waals surface area contributed by atoms with Crippen molar-refractivity contribution in [3.05, 3.63) is 0 Å². The molecule has 1 saturated carbocycles. The lowest BCUT2D eigenvalue weighted by Crippen LogP contribution is -2.35. The monoisotopic (exact) mass is 227 g/mol. The highest BCUT2D eigenvalue weighted by Crippen LogP contribution is 2.17. The molecule has 0 aromatic rings. The van der Waals surface area contributed by atoms with Gasteiger partial charge >= 0.3 is 0 Å². The summed E-state index contributed by atoms with van der Waals surface area (Å²) in [5.41, 5.74) is 0. The molecular weight excluding hydrogens is 202 g/mol. The summed E-state index contributed by atoms with van der Waals surface area (Å²) in [6.45, 7) is 0.191. The van der Waals surface area contributed by atoms with Crippen LogP contribution < -0.4 is 5.32 Å². The van der Waals surface area contributed by atoms with Crippen LogP contribution in [0.25, 0.3) is 0 Å². The van der Waals surface area contributed by atoms with Gasteiger partial charge in [-0.05, 0) is 25.7 Å². The quantitative estimate of drug-likeness (QED) is 0.708. The van der Waals surface area contributed by atoms with E-state index in [2.05, 4.69) is 5.32 Å².